The third-order valence-electron chi connectivity index (χ3n) is 3.72. The summed E-state index contributed by atoms with van der Waals surface area (Å²) in [4.78, 5) is 37.4. The highest BCUT2D eigenvalue weighted by atomic mass is 19.1. The molecular formula is C18H26FN3O3. The minimum Gasteiger partial charge on any atom is -0.350 e. The van der Waals surface area contributed by atoms with Crippen molar-refractivity contribution in [1.82, 2.24) is 15.5 Å². The lowest BCUT2D eigenvalue weighted by Crippen LogP contribution is -2.52. The Morgan fingerprint density at radius 1 is 1.16 bits per heavy atom. The lowest BCUT2D eigenvalue weighted by molar-refractivity contribution is -0.140. The highest BCUT2D eigenvalue weighted by Gasteiger charge is 2.28. The van der Waals surface area contributed by atoms with E-state index < -0.39 is 6.04 Å². The zero-order valence-electron chi connectivity index (χ0n) is 15.1. The highest BCUT2D eigenvalue weighted by Crippen LogP contribution is 2.07. The van der Waals surface area contributed by atoms with Gasteiger partial charge < -0.3 is 15.5 Å². The molecule has 0 aromatic heterocycles. The number of benzene rings is 1. The van der Waals surface area contributed by atoms with Crippen LogP contribution in [0.3, 0.4) is 0 Å². The number of nitrogens with zero attached hydrogens (tertiary/aromatic N) is 1. The van der Waals surface area contributed by atoms with Gasteiger partial charge in [-0.1, -0.05) is 26.0 Å². The van der Waals surface area contributed by atoms with E-state index >= 15 is 0 Å². The van der Waals surface area contributed by atoms with E-state index in [0.717, 1.165) is 5.56 Å². The maximum Gasteiger partial charge on any atom is 0.245 e. The summed E-state index contributed by atoms with van der Waals surface area (Å²) in [6, 6.07) is 5.16. The van der Waals surface area contributed by atoms with Crippen LogP contribution in [0.25, 0.3) is 0 Å². The number of rotatable bonds is 8. The van der Waals surface area contributed by atoms with Crippen molar-refractivity contribution in [3.63, 3.8) is 0 Å². The molecule has 3 amide bonds. The molecule has 0 aliphatic carbocycles. The Bertz CT molecular complexity index is 602. The molecular weight excluding hydrogens is 325 g/mol. The Labute approximate surface area is 147 Å². The minimum absolute atomic E-state index is 0.0901. The van der Waals surface area contributed by atoms with E-state index in [2.05, 4.69) is 10.6 Å². The van der Waals surface area contributed by atoms with E-state index in [-0.39, 0.29) is 42.5 Å². The third kappa shape index (κ3) is 6.91. The van der Waals surface area contributed by atoms with Gasteiger partial charge in [-0.05, 0) is 30.5 Å². The van der Waals surface area contributed by atoms with Gasteiger partial charge in [-0.25, -0.2) is 4.39 Å². The lowest BCUT2D eigenvalue weighted by Gasteiger charge is -2.28. The first-order valence-electron chi connectivity index (χ1n) is 8.31. The average molecular weight is 351 g/mol. The number of nitrogens with one attached hydrogen (secondary N) is 2. The smallest absolute Gasteiger partial charge is 0.245 e. The van der Waals surface area contributed by atoms with Crippen molar-refractivity contribution in [3.8, 4) is 0 Å². The molecule has 0 saturated carbocycles. The number of carbonyl (C=O) groups is 3. The summed E-state index contributed by atoms with van der Waals surface area (Å²) >= 11 is 0. The zero-order valence-corrected chi connectivity index (χ0v) is 15.1. The summed E-state index contributed by atoms with van der Waals surface area (Å²) in [5, 5.41) is 5.34. The Morgan fingerprint density at radius 2 is 1.76 bits per heavy atom. The molecule has 2 N–H and O–H groups in total. The van der Waals surface area contributed by atoms with Gasteiger partial charge in [0.05, 0.1) is 6.54 Å². The van der Waals surface area contributed by atoms with E-state index in [1.807, 2.05) is 13.8 Å². The molecule has 6 nitrogen and oxygen atoms in total. The lowest BCUT2D eigenvalue weighted by atomic mass is 10.0. The molecule has 0 heterocycles. The standard InChI is InChI=1S/C18H26FN3O3/c1-5-22(18(25)17(12(2)3)21-13(4)23)11-16(24)20-10-14-6-8-15(19)9-7-14/h6-9,12,17H,5,10-11H2,1-4H3,(H,20,24)(H,21,23). The van der Waals surface area contributed by atoms with E-state index in [9.17, 15) is 18.8 Å². The number of amides is 3. The van der Waals surface area contributed by atoms with Crippen molar-refractivity contribution >= 4 is 17.7 Å². The molecule has 1 aromatic carbocycles. The Morgan fingerprint density at radius 3 is 2.24 bits per heavy atom. The van der Waals surface area contributed by atoms with Gasteiger partial charge in [-0.15, -0.1) is 0 Å². The number of hydrogen-bond acceptors (Lipinski definition) is 3. The molecule has 0 bridgehead atoms. The fraction of sp³-hybridized carbons (Fsp3) is 0.500. The molecule has 0 radical (unpaired) electrons. The van der Waals surface area contributed by atoms with Gasteiger partial charge in [0.15, 0.2) is 0 Å². The van der Waals surface area contributed by atoms with Crippen LogP contribution in [0.5, 0.6) is 0 Å². The average Bonchev–Trinajstić information content (AvgIpc) is 2.56. The quantitative estimate of drug-likeness (QED) is 0.744. The van der Waals surface area contributed by atoms with Crippen LogP contribution in [-0.4, -0.2) is 41.8 Å². The molecule has 1 aromatic rings. The number of hydrogen-bond donors (Lipinski definition) is 2. The van der Waals surface area contributed by atoms with Gasteiger partial charge in [0, 0.05) is 20.0 Å². The summed E-state index contributed by atoms with van der Waals surface area (Å²) in [6.07, 6.45) is 0. The van der Waals surface area contributed by atoms with E-state index in [1.165, 1.54) is 24.0 Å². The number of likely N-dealkylation sites (N-methyl/N-ethyl adjacent to an activating group) is 1. The topological polar surface area (TPSA) is 78.5 Å². The summed E-state index contributed by atoms with van der Waals surface area (Å²) < 4.78 is 12.9. The first kappa shape index (κ1) is 20.6. The molecule has 1 atom stereocenters. The SMILES string of the molecule is CCN(CC(=O)NCc1ccc(F)cc1)C(=O)C(NC(C)=O)C(C)C. The maximum absolute atomic E-state index is 12.9. The number of carbonyl (C=O) groups excluding carboxylic acids is 3. The molecule has 7 heteroatoms. The van der Waals surface area contributed by atoms with Crippen LogP contribution in [0.1, 0.15) is 33.3 Å². The van der Waals surface area contributed by atoms with Crippen molar-refractivity contribution in [2.75, 3.05) is 13.1 Å². The van der Waals surface area contributed by atoms with Crippen LogP contribution in [0.2, 0.25) is 0 Å². The molecule has 0 spiro atoms. The van der Waals surface area contributed by atoms with Gasteiger partial charge in [0.1, 0.15) is 11.9 Å². The number of halogens is 1. The van der Waals surface area contributed by atoms with Crippen LogP contribution in [0.15, 0.2) is 24.3 Å². The van der Waals surface area contributed by atoms with E-state index in [0.29, 0.717) is 6.54 Å². The van der Waals surface area contributed by atoms with Gasteiger partial charge >= 0.3 is 0 Å². The second-order valence-corrected chi connectivity index (χ2v) is 6.18. The van der Waals surface area contributed by atoms with Crippen LogP contribution in [0, 0.1) is 11.7 Å². The van der Waals surface area contributed by atoms with Crippen LogP contribution < -0.4 is 10.6 Å². The van der Waals surface area contributed by atoms with Gasteiger partial charge in [-0.2, -0.15) is 0 Å². The molecule has 0 aliphatic rings. The second kappa shape index (κ2) is 9.76. The molecule has 1 rings (SSSR count). The summed E-state index contributed by atoms with van der Waals surface area (Å²) in [7, 11) is 0. The largest absolute Gasteiger partial charge is 0.350 e. The first-order valence-corrected chi connectivity index (χ1v) is 8.31. The monoisotopic (exact) mass is 351 g/mol. The second-order valence-electron chi connectivity index (χ2n) is 6.18. The Balaban J connectivity index is 2.63. The normalized spacial score (nSPS) is 11.8. The van der Waals surface area contributed by atoms with Crippen LogP contribution in [0.4, 0.5) is 4.39 Å². The van der Waals surface area contributed by atoms with Crippen molar-refractivity contribution in [2.45, 2.75) is 40.3 Å². The Kier molecular flexibility index (Phi) is 8.04. The maximum atomic E-state index is 12.9. The van der Waals surface area contributed by atoms with Gasteiger partial charge in [-0.3, -0.25) is 14.4 Å². The highest BCUT2D eigenvalue weighted by molar-refractivity contribution is 5.90. The van der Waals surface area contributed by atoms with Crippen LogP contribution in [-0.2, 0) is 20.9 Å². The van der Waals surface area contributed by atoms with E-state index in [1.54, 1.807) is 19.1 Å². The predicted octanol–water partition coefficient (Wildman–Crippen LogP) is 1.45. The fourth-order valence-electron chi connectivity index (χ4n) is 2.31. The summed E-state index contributed by atoms with van der Waals surface area (Å²) in [6.45, 7) is 7.31. The molecule has 0 aliphatic heterocycles. The van der Waals surface area contributed by atoms with Crippen molar-refractivity contribution in [1.29, 1.82) is 0 Å². The summed E-state index contributed by atoms with van der Waals surface area (Å²) in [5.74, 6) is -1.32. The minimum atomic E-state index is -0.664. The molecule has 25 heavy (non-hydrogen) atoms. The van der Waals surface area contributed by atoms with Crippen molar-refractivity contribution in [3.05, 3.63) is 35.6 Å². The Hall–Kier alpha value is -2.44. The van der Waals surface area contributed by atoms with Crippen molar-refractivity contribution < 1.29 is 18.8 Å². The molecule has 0 fully saturated rings. The molecule has 138 valence electrons. The molecule has 0 saturated heterocycles. The van der Waals surface area contributed by atoms with Crippen LogP contribution >= 0.6 is 0 Å². The molecule has 1 unspecified atom stereocenters. The zero-order chi connectivity index (χ0) is 19.0. The third-order valence-corrected chi connectivity index (χ3v) is 3.72. The first-order chi connectivity index (χ1) is 11.7. The van der Waals surface area contributed by atoms with Gasteiger partial charge in [0.2, 0.25) is 17.7 Å². The predicted molar refractivity (Wildman–Crippen MR) is 92.9 cm³/mol. The van der Waals surface area contributed by atoms with Crippen molar-refractivity contribution in [2.24, 2.45) is 5.92 Å². The fourth-order valence-corrected chi connectivity index (χ4v) is 2.31. The summed E-state index contributed by atoms with van der Waals surface area (Å²) in [5.41, 5.74) is 0.766. The van der Waals surface area contributed by atoms with Gasteiger partial charge in [0.25, 0.3) is 0 Å². The van der Waals surface area contributed by atoms with E-state index in [4.69, 9.17) is 0 Å².